The van der Waals surface area contributed by atoms with E-state index in [1.54, 1.807) is 16.2 Å². The van der Waals surface area contributed by atoms with Crippen LogP contribution in [0.3, 0.4) is 0 Å². The number of hydrogen-bond acceptors (Lipinski definition) is 4. The lowest BCUT2D eigenvalue weighted by molar-refractivity contribution is -0.00555. The van der Waals surface area contributed by atoms with Crippen LogP contribution in [0.2, 0.25) is 0 Å². The van der Waals surface area contributed by atoms with Crippen LogP contribution in [-0.4, -0.2) is 16.1 Å². The minimum atomic E-state index is -0.0467. The van der Waals surface area contributed by atoms with E-state index in [0.717, 1.165) is 32.8 Å². The Morgan fingerprint density at radius 1 is 0.938 bits per heavy atom. The predicted octanol–water partition coefficient (Wildman–Crippen LogP) is 6.62. The summed E-state index contributed by atoms with van der Waals surface area (Å²) in [5, 5.41) is 11.2. The lowest BCUT2D eigenvalue weighted by Gasteiger charge is -2.55. The third-order valence-electron chi connectivity index (χ3n) is 7.67. The molecule has 2 aromatic carbocycles. The monoisotopic (exact) mass is 507 g/mol. The van der Waals surface area contributed by atoms with E-state index in [-0.39, 0.29) is 11.3 Å². The van der Waals surface area contributed by atoms with Gasteiger partial charge in [-0.15, -0.1) is 10.2 Å². The molecular weight excluding hydrogens is 482 g/mol. The number of benzene rings is 2. The molecule has 4 aliphatic rings. The van der Waals surface area contributed by atoms with Gasteiger partial charge in [0.2, 0.25) is 5.13 Å². The second-order valence-electron chi connectivity index (χ2n) is 9.94. The largest absolute Gasteiger partial charge is 0.278 e. The zero-order chi connectivity index (χ0) is 21.7. The molecule has 4 saturated carbocycles. The minimum absolute atomic E-state index is 0.0467. The van der Waals surface area contributed by atoms with E-state index < -0.39 is 0 Å². The number of nitrogens with zero attached hydrogens (tertiary/aromatic N) is 3. The van der Waals surface area contributed by atoms with Crippen LogP contribution in [0, 0.1) is 17.8 Å². The van der Waals surface area contributed by atoms with Gasteiger partial charge in [0.25, 0.3) is 5.91 Å². The predicted molar refractivity (Wildman–Crippen MR) is 131 cm³/mol. The third kappa shape index (κ3) is 3.61. The Hall–Kier alpha value is -2.05. The van der Waals surface area contributed by atoms with Gasteiger partial charge in [0.05, 0.1) is 12.1 Å². The maximum absolute atomic E-state index is 13.7. The molecule has 0 atom stereocenters. The number of carbonyl (C=O) groups excluding carboxylic acids is 1. The molecule has 4 aliphatic carbocycles. The van der Waals surface area contributed by atoms with Crippen molar-refractivity contribution in [2.45, 2.75) is 50.5 Å². The summed E-state index contributed by atoms with van der Waals surface area (Å²) in [7, 11) is 0. The molecular formula is C26H26BrN3OS. The zero-order valence-corrected chi connectivity index (χ0v) is 20.3. The standard InChI is InChI=1S/C26H26BrN3OS/c27-22-9-5-4-8-21(22)23(31)30(16-17-6-2-1-3-7-17)25-29-28-24(32-25)26-13-18-10-19(14-26)12-20(11-18)15-26/h1-9,18-20H,10-16H2. The van der Waals surface area contributed by atoms with E-state index in [0.29, 0.717) is 17.2 Å². The van der Waals surface area contributed by atoms with Crippen molar-refractivity contribution in [2.24, 2.45) is 17.8 Å². The Morgan fingerprint density at radius 2 is 1.56 bits per heavy atom. The quantitative estimate of drug-likeness (QED) is 0.389. The summed E-state index contributed by atoms with van der Waals surface area (Å²) in [6.45, 7) is 0.483. The summed E-state index contributed by atoms with van der Waals surface area (Å²) >= 11 is 5.20. The van der Waals surface area contributed by atoms with Crippen LogP contribution in [0.5, 0.6) is 0 Å². The van der Waals surface area contributed by atoms with Crippen molar-refractivity contribution in [1.82, 2.24) is 10.2 Å². The molecule has 1 aromatic heterocycles. The molecule has 7 rings (SSSR count). The summed E-state index contributed by atoms with van der Waals surface area (Å²) < 4.78 is 0.800. The van der Waals surface area contributed by atoms with Gasteiger partial charge in [0.1, 0.15) is 5.01 Å². The normalized spacial score (nSPS) is 28.1. The van der Waals surface area contributed by atoms with Crippen LogP contribution < -0.4 is 4.90 Å². The zero-order valence-electron chi connectivity index (χ0n) is 17.9. The molecule has 1 heterocycles. The Kier molecular flexibility index (Phi) is 5.18. The lowest BCUT2D eigenvalue weighted by Crippen LogP contribution is -2.48. The maximum Gasteiger partial charge on any atom is 0.261 e. The van der Waals surface area contributed by atoms with Crippen molar-refractivity contribution >= 4 is 38.3 Å². The highest BCUT2D eigenvalue weighted by atomic mass is 79.9. The fraction of sp³-hybridized carbons (Fsp3) is 0.423. The average Bonchev–Trinajstić information content (AvgIpc) is 3.28. The molecule has 6 heteroatoms. The van der Waals surface area contributed by atoms with Gasteiger partial charge >= 0.3 is 0 Å². The molecule has 32 heavy (non-hydrogen) atoms. The molecule has 0 spiro atoms. The van der Waals surface area contributed by atoms with Gasteiger partial charge in [-0.2, -0.15) is 0 Å². The SMILES string of the molecule is O=C(c1ccccc1Br)N(Cc1ccccc1)c1nnc(C23CC4CC(CC(C4)C2)C3)s1. The van der Waals surface area contributed by atoms with E-state index in [2.05, 4.69) is 33.2 Å². The van der Waals surface area contributed by atoms with E-state index >= 15 is 0 Å². The summed E-state index contributed by atoms with van der Waals surface area (Å²) in [4.78, 5) is 15.5. The van der Waals surface area contributed by atoms with Gasteiger partial charge in [0, 0.05) is 9.89 Å². The molecule has 164 valence electrons. The van der Waals surface area contributed by atoms with E-state index in [4.69, 9.17) is 5.10 Å². The second-order valence-corrected chi connectivity index (χ2v) is 11.8. The molecule has 0 N–H and O–H groups in total. The lowest BCUT2D eigenvalue weighted by atomic mass is 9.50. The van der Waals surface area contributed by atoms with Crippen molar-refractivity contribution in [3.63, 3.8) is 0 Å². The van der Waals surface area contributed by atoms with Crippen molar-refractivity contribution in [3.8, 4) is 0 Å². The highest BCUT2D eigenvalue weighted by Gasteiger charge is 2.53. The third-order valence-corrected chi connectivity index (χ3v) is 9.55. The highest BCUT2D eigenvalue weighted by Crippen LogP contribution is 2.61. The number of halogens is 1. The summed E-state index contributed by atoms with van der Waals surface area (Å²) in [5.41, 5.74) is 1.92. The van der Waals surface area contributed by atoms with Crippen LogP contribution >= 0.6 is 27.3 Å². The Labute approximate surface area is 201 Å². The first-order chi connectivity index (χ1) is 15.6. The van der Waals surface area contributed by atoms with E-state index in [1.165, 1.54) is 38.5 Å². The first-order valence-electron chi connectivity index (χ1n) is 11.5. The van der Waals surface area contributed by atoms with Gasteiger partial charge in [-0.25, -0.2) is 0 Å². The minimum Gasteiger partial charge on any atom is -0.278 e. The summed E-state index contributed by atoms with van der Waals surface area (Å²) in [5.74, 6) is 2.53. The fourth-order valence-corrected chi connectivity index (χ4v) is 8.20. The molecule has 0 saturated heterocycles. The Morgan fingerprint density at radius 3 is 2.22 bits per heavy atom. The van der Waals surface area contributed by atoms with Crippen molar-refractivity contribution in [2.75, 3.05) is 4.90 Å². The number of rotatable bonds is 5. The number of aromatic nitrogens is 2. The van der Waals surface area contributed by atoms with Crippen molar-refractivity contribution in [1.29, 1.82) is 0 Å². The molecule has 0 radical (unpaired) electrons. The Balaban J connectivity index is 1.36. The van der Waals surface area contributed by atoms with Crippen LogP contribution in [0.25, 0.3) is 0 Å². The van der Waals surface area contributed by atoms with E-state index in [9.17, 15) is 4.79 Å². The summed E-state index contributed by atoms with van der Waals surface area (Å²) in [6.07, 6.45) is 7.99. The second kappa shape index (κ2) is 8.07. The molecule has 4 bridgehead atoms. The van der Waals surface area contributed by atoms with Crippen molar-refractivity contribution in [3.05, 3.63) is 75.2 Å². The average molecular weight is 508 g/mol. The van der Waals surface area contributed by atoms with E-state index in [1.807, 2.05) is 42.5 Å². The van der Waals surface area contributed by atoms with Crippen LogP contribution in [0.1, 0.15) is 59.5 Å². The van der Waals surface area contributed by atoms with Crippen LogP contribution in [0.15, 0.2) is 59.1 Å². The number of amides is 1. The van der Waals surface area contributed by atoms with Crippen LogP contribution in [0.4, 0.5) is 5.13 Å². The smallest absolute Gasteiger partial charge is 0.261 e. The molecule has 1 amide bonds. The van der Waals surface area contributed by atoms with Gasteiger partial charge in [-0.1, -0.05) is 53.8 Å². The number of hydrogen-bond donors (Lipinski definition) is 0. The molecule has 3 aromatic rings. The van der Waals surface area contributed by atoms with Gasteiger partial charge < -0.3 is 0 Å². The molecule has 0 aliphatic heterocycles. The van der Waals surface area contributed by atoms with Gasteiger partial charge in [0.15, 0.2) is 0 Å². The number of carbonyl (C=O) groups is 1. The topological polar surface area (TPSA) is 46.1 Å². The fourth-order valence-electron chi connectivity index (χ4n) is 6.68. The van der Waals surface area contributed by atoms with Crippen LogP contribution in [-0.2, 0) is 12.0 Å². The first-order valence-corrected chi connectivity index (χ1v) is 13.1. The highest BCUT2D eigenvalue weighted by molar-refractivity contribution is 9.10. The number of anilines is 1. The molecule has 0 unspecified atom stereocenters. The summed E-state index contributed by atoms with van der Waals surface area (Å²) in [6, 6.07) is 17.7. The first kappa shape index (κ1) is 20.5. The van der Waals surface area contributed by atoms with Gasteiger partial charge in [-0.05, 0) is 89.9 Å². The maximum atomic E-state index is 13.7. The Bertz CT molecular complexity index is 1110. The van der Waals surface area contributed by atoms with Gasteiger partial charge in [-0.3, -0.25) is 9.69 Å². The molecule has 4 nitrogen and oxygen atoms in total. The molecule has 4 fully saturated rings. The van der Waals surface area contributed by atoms with Crippen molar-refractivity contribution < 1.29 is 4.79 Å².